The van der Waals surface area contributed by atoms with Crippen LogP contribution in [0.3, 0.4) is 0 Å². The molecule has 0 saturated carbocycles. The highest BCUT2D eigenvalue weighted by atomic mass is 32.1. The third-order valence-electron chi connectivity index (χ3n) is 2.25. The summed E-state index contributed by atoms with van der Waals surface area (Å²) in [5, 5.41) is 14.9. The molecule has 0 spiro atoms. The van der Waals surface area contributed by atoms with Crippen LogP contribution in [0.4, 0.5) is 10.9 Å². The van der Waals surface area contributed by atoms with Crippen LogP contribution in [0.2, 0.25) is 0 Å². The lowest BCUT2D eigenvalue weighted by Crippen LogP contribution is -1.91. The lowest BCUT2D eigenvalue weighted by molar-refractivity contribution is -0.131. The van der Waals surface area contributed by atoms with Crippen molar-refractivity contribution in [3.8, 4) is 0 Å². The molecule has 0 radical (unpaired) electrons. The number of nitrogens with zero attached hydrogens (tertiary/aromatic N) is 2. The number of nitrogens with one attached hydrogen (secondary N) is 1. The van der Waals surface area contributed by atoms with Crippen LogP contribution in [0.1, 0.15) is 11.1 Å². The van der Waals surface area contributed by atoms with Gasteiger partial charge in [0, 0.05) is 11.5 Å². The van der Waals surface area contributed by atoms with Crippen molar-refractivity contribution in [1.29, 1.82) is 0 Å². The molecule has 0 fully saturated rings. The number of carbonyl (C=O) groups is 1. The lowest BCUT2D eigenvalue weighted by Gasteiger charge is -1.96. The second-order valence-corrected chi connectivity index (χ2v) is 4.64. The molecule has 102 valence electrons. The first-order valence-corrected chi connectivity index (χ1v) is 6.52. The standard InChI is InChI=1S/C13H12N4O2S/c14-11-8-20-13(16-11)17-15-7-10-3-1-9(2-4-10)5-6-12(18)19/h1-8H,14H2,(H,16,17)(H,18,19). The van der Waals surface area contributed by atoms with Crippen LogP contribution < -0.4 is 11.2 Å². The first kappa shape index (κ1) is 13.8. The zero-order valence-electron chi connectivity index (χ0n) is 10.4. The van der Waals surface area contributed by atoms with Gasteiger partial charge in [0.15, 0.2) is 0 Å². The number of hydrogen-bond acceptors (Lipinski definition) is 6. The number of carboxylic acids is 1. The van der Waals surface area contributed by atoms with Crippen molar-refractivity contribution in [3.63, 3.8) is 0 Å². The van der Waals surface area contributed by atoms with E-state index in [1.54, 1.807) is 11.6 Å². The van der Waals surface area contributed by atoms with Gasteiger partial charge in [-0.05, 0) is 17.2 Å². The van der Waals surface area contributed by atoms with Crippen molar-refractivity contribution in [3.05, 3.63) is 46.8 Å². The van der Waals surface area contributed by atoms with Crippen molar-refractivity contribution in [2.45, 2.75) is 0 Å². The van der Waals surface area contributed by atoms with Gasteiger partial charge in [-0.15, -0.1) is 11.3 Å². The maximum atomic E-state index is 10.4. The molecule has 1 aromatic carbocycles. The van der Waals surface area contributed by atoms with Crippen LogP contribution in [-0.4, -0.2) is 22.3 Å². The summed E-state index contributed by atoms with van der Waals surface area (Å²) in [5.74, 6) is -0.509. The Bertz CT molecular complexity index is 647. The summed E-state index contributed by atoms with van der Waals surface area (Å²) in [5.41, 5.74) is 9.96. The first-order chi connectivity index (χ1) is 9.63. The maximum absolute atomic E-state index is 10.4. The summed E-state index contributed by atoms with van der Waals surface area (Å²) < 4.78 is 0. The average Bonchev–Trinajstić information content (AvgIpc) is 2.83. The molecule has 0 atom stereocenters. The fourth-order valence-corrected chi connectivity index (χ4v) is 1.91. The van der Waals surface area contributed by atoms with E-state index in [0.29, 0.717) is 10.9 Å². The zero-order chi connectivity index (χ0) is 14.4. The molecule has 0 aliphatic carbocycles. The van der Waals surface area contributed by atoms with E-state index in [1.807, 2.05) is 24.3 Å². The van der Waals surface area contributed by atoms with Crippen molar-refractivity contribution in [2.24, 2.45) is 5.10 Å². The van der Waals surface area contributed by atoms with Gasteiger partial charge < -0.3 is 10.8 Å². The Morgan fingerprint density at radius 3 is 2.65 bits per heavy atom. The fourth-order valence-electron chi connectivity index (χ4n) is 1.36. The van der Waals surface area contributed by atoms with Crippen LogP contribution in [-0.2, 0) is 4.79 Å². The minimum absolute atomic E-state index is 0.460. The molecular weight excluding hydrogens is 276 g/mol. The highest BCUT2D eigenvalue weighted by Gasteiger charge is 1.95. The van der Waals surface area contributed by atoms with Gasteiger partial charge >= 0.3 is 5.97 Å². The second kappa shape index (κ2) is 6.48. The number of aliphatic carboxylic acids is 1. The Hall–Kier alpha value is -2.67. The van der Waals surface area contributed by atoms with Crippen LogP contribution >= 0.6 is 11.3 Å². The minimum Gasteiger partial charge on any atom is -0.478 e. The largest absolute Gasteiger partial charge is 0.478 e. The number of thiazole rings is 1. The molecule has 2 rings (SSSR count). The predicted molar refractivity (Wildman–Crippen MR) is 80.9 cm³/mol. The van der Waals surface area contributed by atoms with Crippen LogP contribution in [0.15, 0.2) is 40.8 Å². The van der Waals surface area contributed by atoms with E-state index in [9.17, 15) is 4.79 Å². The molecule has 4 N–H and O–H groups in total. The number of anilines is 2. The van der Waals surface area contributed by atoms with Gasteiger partial charge in [-0.2, -0.15) is 5.10 Å². The number of rotatable bonds is 5. The Morgan fingerprint density at radius 1 is 1.35 bits per heavy atom. The van der Waals surface area contributed by atoms with E-state index in [-0.39, 0.29) is 0 Å². The minimum atomic E-state index is -0.970. The summed E-state index contributed by atoms with van der Waals surface area (Å²) in [6, 6.07) is 7.29. The van der Waals surface area contributed by atoms with E-state index in [0.717, 1.165) is 17.2 Å². The summed E-state index contributed by atoms with van der Waals surface area (Å²) in [6.07, 6.45) is 4.26. The topological polar surface area (TPSA) is 101 Å². The molecule has 7 heteroatoms. The van der Waals surface area contributed by atoms with E-state index < -0.39 is 5.97 Å². The number of benzene rings is 1. The normalized spacial score (nSPS) is 11.2. The molecule has 1 aromatic heterocycles. The van der Waals surface area contributed by atoms with Gasteiger partial charge in [-0.3, -0.25) is 5.43 Å². The average molecular weight is 288 g/mol. The first-order valence-electron chi connectivity index (χ1n) is 5.64. The monoisotopic (exact) mass is 288 g/mol. The number of hydrazone groups is 1. The van der Waals surface area contributed by atoms with Gasteiger partial charge in [-0.25, -0.2) is 9.78 Å². The molecule has 0 saturated heterocycles. The molecule has 0 bridgehead atoms. The van der Waals surface area contributed by atoms with E-state index in [2.05, 4.69) is 15.5 Å². The second-order valence-electron chi connectivity index (χ2n) is 3.79. The predicted octanol–water partition coefficient (Wildman–Crippen LogP) is 2.27. The van der Waals surface area contributed by atoms with Crippen molar-refractivity contribution < 1.29 is 9.90 Å². The quantitative estimate of drug-likeness (QED) is 0.445. The Kier molecular flexibility index (Phi) is 4.46. The van der Waals surface area contributed by atoms with Crippen molar-refractivity contribution >= 4 is 40.5 Å². The highest BCUT2D eigenvalue weighted by Crippen LogP contribution is 2.16. The van der Waals surface area contributed by atoms with Crippen LogP contribution in [0.25, 0.3) is 6.08 Å². The Morgan fingerprint density at radius 2 is 2.05 bits per heavy atom. The molecule has 1 heterocycles. The summed E-state index contributed by atoms with van der Waals surface area (Å²) in [7, 11) is 0. The van der Waals surface area contributed by atoms with Crippen LogP contribution in [0, 0.1) is 0 Å². The number of carboxylic acid groups (broad SMARTS) is 1. The third-order valence-corrected chi connectivity index (χ3v) is 3.02. The lowest BCUT2D eigenvalue weighted by atomic mass is 10.1. The Labute approximate surface area is 119 Å². The van der Waals surface area contributed by atoms with Gasteiger partial charge in [0.1, 0.15) is 5.82 Å². The van der Waals surface area contributed by atoms with Gasteiger partial charge in [0.2, 0.25) is 5.13 Å². The molecule has 2 aromatic rings. The number of nitrogen functional groups attached to an aromatic ring is 1. The molecule has 20 heavy (non-hydrogen) atoms. The molecule has 6 nitrogen and oxygen atoms in total. The zero-order valence-corrected chi connectivity index (χ0v) is 11.2. The molecule has 0 aliphatic heterocycles. The number of aromatic nitrogens is 1. The summed E-state index contributed by atoms with van der Waals surface area (Å²) >= 11 is 1.37. The van der Waals surface area contributed by atoms with E-state index in [1.165, 1.54) is 17.4 Å². The number of hydrogen-bond donors (Lipinski definition) is 3. The molecular formula is C13H12N4O2S. The van der Waals surface area contributed by atoms with Gasteiger partial charge in [-0.1, -0.05) is 24.3 Å². The molecule has 0 aliphatic rings. The van der Waals surface area contributed by atoms with E-state index >= 15 is 0 Å². The smallest absolute Gasteiger partial charge is 0.328 e. The maximum Gasteiger partial charge on any atom is 0.328 e. The Balaban J connectivity index is 1.94. The van der Waals surface area contributed by atoms with Crippen molar-refractivity contribution in [1.82, 2.24) is 4.98 Å². The summed E-state index contributed by atoms with van der Waals surface area (Å²) in [4.78, 5) is 14.4. The third kappa shape index (κ3) is 4.21. The molecule has 0 amide bonds. The highest BCUT2D eigenvalue weighted by molar-refractivity contribution is 7.14. The number of nitrogens with two attached hydrogens (primary N) is 1. The van der Waals surface area contributed by atoms with E-state index in [4.69, 9.17) is 10.8 Å². The van der Waals surface area contributed by atoms with Crippen molar-refractivity contribution in [2.75, 3.05) is 11.2 Å². The van der Waals surface area contributed by atoms with Gasteiger partial charge in [0.05, 0.1) is 6.21 Å². The molecule has 0 unspecified atom stereocenters. The fraction of sp³-hybridized carbons (Fsp3) is 0. The van der Waals surface area contributed by atoms with Gasteiger partial charge in [0.25, 0.3) is 0 Å². The SMILES string of the molecule is Nc1csc(NN=Cc2ccc(C=CC(=O)O)cc2)n1. The van der Waals surface area contributed by atoms with Crippen LogP contribution in [0.5, 0.6) is 0 Å². The summed E-state index contributed by atoms with van der Waals surface area (Å²) in [6.45, 7) is 0.